The van der Waals surface area contributed by atoms with E-state index in [4.69, 9.17) is 4.74 Å². The van der Waals surface area contributed by atoms with E-state index in [0.29, 0.717) is 17.0 Å². The lowest BCUT2D eigenvalue weighted by atomic mass is 9.85. The zero-order valence-electron chi connectivity index (χ0n) is 15.2. The fourth-order valence-corrected chi connectivity index (χ4v) is 4.70. The van der Waals surface area contributed by atoms with Crippen LogP contribution in [0.15, 0.2) is 66.7 Å². The maximum atomic E-state index is 12.8. The van der Waals surface area contributed by atoms with Crippen molar-refractivity contribution < 1.29 is 19.1 Å². The number of allylic oxidation sites excluding steroid dienone is 2. The van der Waals surface area contributed by atoms with Gasteiger partial charge in [-0.05, 0) is 42.5 Å². The zero-order chi connectivity index (χ0) is 19.3. The molecule has 1 heterocycles. The van der Waals surface area contributed by atoms with E-state index >= 15 is 0 Å². The summed E-state index contributed by atoms with van der Waals surface area (Å²) in [5.74, 6) is 0.203. The lowest BCUT2D eigenvalue weighted by Gasteiger charge is -2.17. The molecule has 5 nitrogen and oxygen atoms in total. The number of hydrogen-bond acceptors (Lipinski definition) is 4. The first-order valence-corrected chi connectivity index (χ1v) is 9.51. The summed E-state index contributed by atoms with van der Waals surface area (Å²) >= 11 is 0. The Labute approximate surface area is 162 Å². The standard InChI is InChI=1S/C23H19NO4/c25-19(14-4-2-1-3-5-14)13-28-18-10-8-17(9-11-18)24-22(26)20-15-6-7-16(12-15)21(20)23(24)27/h1-11,15-16,20-21H,12-13H2. The van der Waals surface area contributed by atoms with Crippen molar-refractivity contribution in [2.45, 2.75) is 6.42 Å². The van der Waals surface area contributed by atoms with Crippen molar-refractivity contribution in [3.8, 4) is 5.75 Å². The molecule has 0 N–H and O–H groups in total. The Morgan fingerprint density at radius 2 is 1.50 bits per heavy atom. The quantitative estimate of drug-likeness (QED) is 0.458. The molecule has 5 heteroatoms. The summed E-state index contributed by atoms with van der Waals surface area (Å²) in [6.07, 6.45) is 5.09. The van der Waals surface area contributed by atoms with Gasteiger partial charge in [0.05, 0.1) is 17.5 Å². The lowest BCUT2D eigenvalue weighted by Crippen LogP contribution is -2.32. The molecule has 0 spiro atoms. The van der Waals surface area contributed by atoms with Gasteiger partial charge in [0, 0.05) is 5.56 Å². The van der Waals surface area contributed by atoms with E-state index in [2.05, 4.69) is 12.2 Å². The van der Waals surface area contributed by atoms with E-state index in [-0.39, 0.29) is 47.9 Å². The summed E-state index contributed by atoms with van der Waals surface area (Å²) in [4.78, 5) is 39.1. The summed E-state index contributed by atoms with van der Waals surface area (Å²) in [6, 6.07) is 15.8. The third kappa shape index (κ3) is 2.58. The van der Waals surface area contributed by atoms with Crippen LogP contribution in [-0.2, 0) is 9.59 Å². The molecular weight excluding hydrogens is 354 g/mol. The van der Waals surface area contributed by atoms with Crippen molar-refractivity contribution in [3.05, 3.63) is 72.3 Å². The molecule has 4 unspecified atom stereocenters. The molecule has 2 aliphatic carbocycles. The fourth-order valence-electron chi connectivity index (χ4n) is 4.70. The number of carbonyl (C=O) groups is 3. The summed E-state index contributed by atoms with van der Waals surface area (Å²) < 4.78 is 5.56. The van der Waals surface area contributed by atoms with Crippen molar-refractivity contribution in [2.75, 3.05) is 11.5 Å². The largest absolute Gasteiger partial charge is 0.485 e. The Morgan fingerprint density at radius 3 is 2.11 bits per heavy atom. The molecule has 2 amide bonds. The van der Waals surface area contributed by atoms with E-state index < -0.39 is 0 Å². The van der Waals surface area contributed by atoms with Crippen molar-refractivity contribution in [2.24, 2.45) is 23.7 Å². The number of rotatable bonds is 5. The number of carbonyl (C=O) groups excluding carboxylic acids is 3. The fraction of sp³-hybridized carbons (Fsp3) is 0.261. The van der Waals surface area contributed by atoms with Gasteiger partial charge in [0.15, 0.2) is 12.4 Å². The molecule has 2 aromatic rings. The van der Waals surface area contributed by atoms with Crippen LogP contribution in [0.3, 0.4) is 0 Å². The minimum absolute atomic E-state index is 0.0654. The molecule has 1 aliphatic heterocycles. The summed E-state index contributed by atoms with van der Waals surface area (Å²) in [5.41, 5.74) is 1.16. The van der Waals surface area contributed by atoms with Gasteiger partial charge in [0.1, 0.15) is 5.75 Å². The third-order valence-electron chi connectivity index (χ3n) is 6.03. The van der Waals surface area contributed by atoms with E-state index in [1.54, 1.807) is 36.4 Å². The SMILES string of the molecule is O=C(COc1ccc(N2C(=O)C3C4C=CC(C4)C3C2=O)cc1)c1ccccc1. The zero-order valence-corrected chi connectivity index (χ0v) is 15.2. The minimum Gasteiger partial charge on any atom is -0.485 e. The molecule has 140 valence electrons. The normalized spacial score (nSPS) is 27.4. The molecule has 3 aliphatic rings. The number of ether oxygens (including phenoxy) is 1. The van der Waals surface area contributed by atoms with Crippen molar-refractivity contribution >= 4 is 23.3 Å². The molecule has 2 aromatic carbocycles. The van der Waals surface area contributed by atoms with Crippen molar-refractivity contribution in [1.82, 2.24) is 0 Å². The highest BCUT2D eigenvalue weighted by molar-refractivity contribution is 6.22. The Hall–Kier alpha value is -3.21. The average molecular weight is 373 g/mol. The third-order valence-corrected chi connectivity index (χ3v) is 6.03. The number of fused-ring (bicyclic) bond motifs is 5. The summed E-state index contributed by atoms with van der Waals surface area (Å²) in [6.45, 7) is -0.0654. The smallest absolute Gasteiger partial charge is 0.238 e. The Morgan fingerprint density at radius 1 is 0.893 bits per heavy atom. The van der Waals surface area contributed by atoms with Crippen LogP contribution in [0, 0.1) is 23.7 Å². The number of benzene rings is 2. The first kappa shape index (κ1) is 16.9. The molecular formula is C23H19NO4. The van der Waals surface area contributed by atoms with E-state index in [1.165, 1.54) is 4.90 Å². The monoisotopic (exact) mass is 373 g/mol. The number of ketones is 1. The molecule has 1 saturated heterocycles. The van der Waals surface area contributed by atoms with Gasteiger partial charge in [-0.3, -0.25) is 19.3 Å². The molecule has 0 radical (unpaired) electrons. The molecule has 2 fully saturated rings. The Balaban J connectivity index is 1.28. The number of amides is 2. The molecule has 5 rings (SSSR count). The number of anilines is 1. The number of hydrogen-bond donors (Lipinski definition) is 0. The highest BCUT2D eigenvalue weighted by Gasteiger charge is 2.59. The van der Waals surface area contributed by atoms with E-state index in [9.17, 15) is 14.4 Å². The van der Waals surface area contributed by atoms with Crippen molar-refractivity contribution in [3.63, 3.8) is 0 Å². The lowest BCUT2D eigenvalue weighted by molar-refractivity contribution is -0.123. The highest BCUT2D eigenvalue weighted by Crippen LogP contribution is 2.53. The summed E-state index contributed by atoms with van der Waals surface area (Å²) in [5, 5.41) is 0. The van der Waals surface area contributed by atoms with Crippen LogP contribution >= 0.6 is 0 Å². The van der Waals surface area contributed by atoms with Crippen LogP contribution in [0.4, 0.5) is 5.69 Å². The van der Waals surface area contributed by atoms with Gasteiger partial charge in [0.2, 0.25) is 11.8 Å². The number of imide groups is 1. The Kier molecular flexibility index (Phi) is 3.90. The molecule has 2 bridgehead atoms. The van der Waals surface area contributed by atoms with Crippen LogP contribution in [0.1, 0.15) is 16.8 Å². The maximum Gasteiger partial charge on any atom is 0.238 e. The van der Waals surface area contributed by atoms with Crippen LogP contribution in [0.2, 0.25) is 0 Å². The van der Waals surface area contributed by atoms with Gasteiger partial charge in [-0.2, -0.15) is 0 Å². The van der Waals surface area contributed by atoms with Crippen molar-refractivity contribution in [1.29, 1.82) is 0 Å². The van der Waals surface area contributed by atoms with E-state index in [1.807, 2.05) is 18.2 Å². The van der Waals surface area contributed by atoms with Gasteiger partial charge in [0.25, 0.3) is 0 Å². The van der Waals surface area contributed by atoms with E-state index in [0.717, 1.165) is 6.42 Å². The second-order valence-corrected chi connectivity index (χ2v) is 7.58. The number of Topliss-reactive ketones (excluding diaryl/α,β-unsaturated/α-hetero) is 1. The average Bonchev–Trinajstić information content (AvgIpc) is 3.41. The molecule has 4 atom stereocenters. The molecule has 28 heavy (non-hydrogen) atoms. The van der Waals surface area contributed by atoms with Gasteiger partial charge >= 0.3 is 0 Å². The topological polar surface area (TPSA) is 63.7 Å². The Bertz CT molecular complexity index is 949. The predicted molar refractivity (Wildman–Crippen MR) is 103 cm³/mol. The predicted octanol–water partition coefficient (Wildman–Crippen LogP) is 3.26. The number of nitrogens with zero attached hydrogens (tertiary/aromatic N) is 1. The maximum absolute atomic E-state index is 12.8. The van der Waals surface area contributed by atoms with Gasteiger partial charge in [-0.15, -0.1) is 0 Å². The first-order chi connectivity index (χ1) is 13.6. The van der Waals surface area contributed by atoms with Crippen LogP contribution in [0.25, 0.3) is 0 Å². The second-order valence-electron chi connectivity index (χ2n) is 7.58. The van der Waals surface area contributed by atoms with Crippen LogP contribution in [0.5, 0.6) is 5.75 Å². The summed E-state index contributed by atoms with van der Waals surface area (Å²) in [7, 11) is 0. The van der Waals surface area contributed by atoms with Gasteiger partial charge in [-0.25, -0.2) is 0 Å². The molecule has 0 aromatic heterocycles. The van der Waals surface area contributed by atoms with Gasteiger partial charge in [-0.1, -0.05) is 42.5 Å². The first-order valence-electron chi connectivity index (χ1n) is 9.51. The molecule has 1 saturated carbocycles. The minimum atomic E-state index is -0.207. The van der Waals surface area contributed by atoms with Crippen LogP contribution in [-0.4, -0.2) is 24.2 Å². The highest BCUT2D eigenvalue weighted by atomic mass is 16.5. The van der Waals surface area contributed by atoms with Gasteiger partial charge < -0.3 is 4.74 Å². The second kappa shape index (κ2) is 6.44. The van der Waals surface area contributed by atoms with Crippen LogP contribution < -0.4 is 9.64 Å².